The first kappa shape index (κ1) is 15.9. The third-order valence-electron chi connectivity index (χ3n) is 3.93. The van der Waals surface area contributed by atoms with E-state index >= 15 is 0 Å². The van der Waals surface area contributed by atoms with E-state index in [9.17, 15) is 13.2 Å². The van der Waals surface area contributed by atoms with Crippen molar-refractivity contribution in [2.24, 2.45) is 0 Å². The summed E-state index contributed by atoms with van der Waals surface area (Å²) in [7, 11) is -1.32. The number of carbonyl (C=O) groups excluding carboxylic acids is 1. The molecule has 2 amide bonds. The summed E-state index contributed by atoms with van der Waals surface area (Å²) in [5, 5.41) is 2.77. The molecule has 1 atom stereocenters. The van der Waals surface area contributed by atoms with Gasteiger partial charge in [0.1, 0.15) is 13.2 Å². The number of rotatable bonds is 3. The molecule has 1 N–H and O–H groups in total. The summed E-state index contributed by atoms with van der Waals surface area (Å²) in [5.41, 5.74) is 0.922. The summed E-state index contributed by atoms with van der Waals surface area (Å²) >= 11 is 0. The van der Waals surface area contributed by atoms with E-state index < -0.39 is 9.84 Å². The van der Waals surface area contributed by atoms with Crippen molar-refractivity contribution in [2.75, 3.05) is 31.8 Å². The molecule has 1 fully saturated rings. The number of ether oxygens (including phenoxy) is 2. The number of amides is 2. The topological polar surface area (TPSA) is 84.9 Å². The smallest absolute Gasteiger partial charge is 0.317 e. The fraction of sp³-hybridized carbons (Fsp3) is 0.533. The van der Waals surface area contributed by atoms with Crippen molar-refractivity contribution in [1.82, 2.24) is 10.2 Å². The average Bonchev–Trinajstić information content (AvgIpc) is 2.86. The summed E-state index contributed by atoms with van der Waals surface area (Å²) < 4.78 is 33.8. The Labute approximate surface area is 135 Å². The Morgan fingerprint density at radius 3 is 2.74 bits per heavy atom. The van der Waals surface area contributed by atoms with E-state index in [4.69, 9.17) is 9.47 Å². The molecule has 1 saturated heterocycles. The van der Waals surface area contributed by atoms with Gasteiger partial charge in [-0.05, 0) is 24.1 Å². The quantitative estimate of drug-likeness (QED) is 0.879. The molecule has 3 rings (SSSR count). The molecule has 2 aliphatic heterocycles. The number of hydrogen-bond donors (Lipinski definition) is 1. The lowest BCUT2D eigenvalue weighted by Gasteiger charge is -2.22. The van der Waals surface area contributed by atoms with Crippen molar-refractivity contribution >= 4 is 15.9 Å². The van der Waals surface area contributed by atoms with Gasteiger partial charge in [0, 0.05) is 19.6 Å². The van der Waals surface area contributed by atoms with Gasteiger partial charge in [-0.3, -0.25) is 0 Å². The average molecular weight is 340 g/mol. The lowest BCUT2D eigenvalue weighted by molar-refractivity contribution is 0.171. The van der Waals surface area contributed by atoms with Crippen molar-refractivity contribution in [1.29, 1.82) is 0 Å². The maximum absolute atomic E-state index is 12.2. The first-order chi connectivity index (χ1) is 10.9. The van der Waals surface area contributed by atoms with E-state index in [1.807, 2.05) is 18.2 Å². The number of nitrogens with one attached hydrogen (secondary N) is 1. The third kappa shape index (κ3) is 3.87. The second kappa shape index (κ2) is 6.27. The Bertz CT molecular complexity index is 704. The number of fused-ring (bicyclic) bond motifs is 1. The summed E-state index contributed by atoms with van der Waals surface area (Å²) in [4.78, 5) is 13.7. The third-order valence-corrected chi connectivity index (χ3v) is 5.70. The van der Waals surface area contributed by atoms with Gasteiger partial charge in [0.2, 0.25) is 0 Å². The standard InChI is InChI=1S/C15H20N2O5S/c1-17(15(18)16-12-4-7-23(19,20)10-12)9-11-2-3-13-14(8-11)22-6-5-21-13/h2-3,8,12H,4-7,9-10H2,1H3,(H,16,18)/t12-/m1/s1. The maximum atomic E-state index is 12.2. The maximum Gasteiger partial charge on any atom is 0.317 e. The van der Waals surface area contributed by atoms with Crippen LogP contribution in [0.1, 0.15) is 12.0 Å². The van der Waals surface area contributed by atoms with Gasteiger partial charge < -0.3 is 19.7 Å². The van der Waals surface area contributed by atoms with Crippen molar-refractivity contribution in [3.63, 3.8) is 0 Å². The van der Waals surface area contributed by atoms with Gasteiger partial charge in [0.15, 0.2) is 21.3 Å². The molecule has 0 bridgehead atoms. The molecule has 0 unspecified atom stereocenters. The molecule has 126 valence electrons. The van der Waals surface area contributed by atoms with Gasteiger partial charge in [0.25, 0.3) is 0 Å². The molecular formula is C15H20N2O5S. The van der Waals surface area contributed by atoms with Crippen LogP contribution in [0.3, 0.4) is 0 Å². The first-order valence-corrected chi connectivity index (χ1v) is 9.36. The minimum atomic E-state index is -3.00. The number of hydrogen-bond acceptors (Lipinski definition) is 5. The Hall–Kier alpha value is -1.96. The highest BCUT2D eigenvalue weighted by atomic mass is 32.2. The Balaban J connectivity index is 1.58. The number of carbonyl (C=O) groups is 1. The van der Waals surface area contributed by atoms with Gasteiger partial charge in [-0.25, -0.2) is 13.2 Å². The zero-order valence-electron chi connectivity index (χ0n) is 12.9. The fourth-order valence-electron chi connectivity index (χ4n) is 2.73. The Kier molecular flexibility index (Phi) is 4.34. The zero-order valence-corrected chi connectivity index (χ0v) is 13.8. The molecule has 1 aromatic rings. The second-order valence-electron chi connectivity index (χ2n) is 5.88. The van der Waals surface area contributed by atoms with Crippen LogP contribution in [0.4, 0.5) is 4.79 Å². The number of nitrogens with zero attached hydrogens (tertiary/aromatic N) is 1. The van der Waals surface area contributed by atoms with Crippen molar-refractivity contribution in [3.05, 3.63) is 23.8 Å². The van der Waals surface area contributed by atoms with Crippen LogP contribution in [0, 0.1) is 0 Å². The summed E-state index contributed by atoms with van der Waals surface area (Å²) in [6.07, 6.45) is 0.478. The van der Waals surface area contributed by atoms with E-state index in [2.05, 4.69) is 5.32 Å². The molecular weight excluding hydrogens is 320 g/mol. The second-order valence-corrected chi connectivity index (χ2v) is 8.11. The molecule has 0 aromatic heterocycles. The SMILES string of the molecule is CN(Cc1ccc2c(c1)OCCO2)C(=O)N[C@@H]1CCS(=O)(=O)C1. The Morgan fingerprint density at radius 1 is 1.30 bits per heavy atom. The lowest BCUT2D eigenvalue weighted by Crippen LogP contribution is -2.43. The largest absolute Gasteiger partial charge is 0.486 e. The van der Waals surface area contributed by atoms with E-state index in [-0.39, 0.29) is 23.6 Å². The van der Waals surface area contributed by atoms with Gasteiger partial charge in [0.05, 0.1) is 11.5 Å². The molecule has 0 saturated carbocycles. The molecule has 0 aliphatic carbocycles. The predicted molar refractivity (Wildman–Crippen MR) is 84.5 cm³/mol. The van der Waals surface area contributed by atoms with E-state index in [1.165, 1.54) is 4.90 Å². The minimum absolute atomic E-state index is 0.0244. The van der Waals surface area contributed by atoms with Crippen molar-refractivity contribution in [2.45, 2.75) is 19.0 Å². The molecule has 0 radical (unpaired) electrons. The molecule has 8 heteroatoms. The first-order valence-electron chi connectivity index (χ1n) is 7.53. The van der Waals surface area contributed by atoms with Crippen LogP contribution >= 0.6 is 0 Å². The molecule has 2 heterocycles. The molecule has 23 heavy (non-hydrogen) atoms. The number of sulfone groups is 1. The number of urea groups is 1. The summed E-state index contributed by atoms with van der Waals surface area (Å²) in [5.74, 6) is 1.56. The van der Waals surface area contributed by atoms with Crippen LogP contribution in [0.5, 0.6) is 11.5 Å². The predicted octanol–water partition coefficient (Wildman–Crippen LogP) is 0.786. The van der Waals surface area contributed by atoms with Gasteiger partial charge in [-0.1, -0.05) is 6.07 Å². The van der Waals surface area contributed by atoms with E-state index in [0.717, 1.165) is 5.56 Å². The molecule has 0 spiro atoms. The fourth-order valence-corrected chi connectivity index (χ4v) is 4.40. The molecule has 2 aliphatic rings. The minimum Gasteiger partial charge on any atom is -0.486 e. The van der Waals surface area contributed by atoms with Crippen LogP contribution in [0.25, 0.3) is 0 Å². The van der Waals surface area contributed by atoms with Crippen LogP contribution in [-0.4, -0.2) is 57.2 Å². The summed E-state index contributed by atoms with van der Waals surface area (Å²) in [6, 6.07) is 5.01. The number of benzene rings is 1. The van der Waals surface area contributed by atoms with E-state index in [1.54, 1.807) is 7.05 Å². The monoisotopic (exact) mass is 340 g/mol. The Morgan fingerprint density at radius 2 is 2.04 bits per heavy atom. The van der Waals surface area contributed by atoms with Crippen LogP contribution in [0.15, 0.2) is 18.2 Å². The van der Waals surface area contributed by atoms with Gasteiger partial charge in [-0.15, -0.1) is 0 Å². The normalized spacial score (nSPS) is 21.7. The van der Waals surface area contributed by atoms with Crippen LogP contribution in [-0.2, 0) is 16.4 Å². The summed E-state index contributed by atoms with van der Waals surface area (Å²) in [6.45, 7) is 1.46. The van der Waals surface area contributed by atoms with E-state index in [0.29, 0.717) is 37.7 Å². The highest BCUT2D eigenvalue weighted by Gasteiger charge is 2.29. The molecule has 7 nitrogen and oxygen atoms in total. The lowest BCUT2D eigenvalue weighted by atomic mass is 10.2. The van der Waals surface area contributed by atoms with Crippen LogP contribution in [0.2, 0.25) is 0 Å². The highest BCUT2D eigenvalue weighted by molar-refractivity contribution is 7.91. The molecule has 1 aromatic carbocycles. The van der Waals surface area contributed by atoms with Crippen molar-refractivity contribution in [3.8, 4) is 11.5 Å². The van der Waals surface area contributed by atoms with Gasteiger partial charge in [-0.2, -0.15) is 0 Å². The van der Waals surface area contributed by atoms with Crippen molar-refractivity contribution < 1.29 is 22.7 Å². The van der Waals surface area contributed by atoms with Gasteiger partial charge >= 0.3 is 6.03 Å². The highest BCUT2D eigenvalue weighted by Crippen LogP contribution is 2.31. The van der Waals surface area contributed by atoms with Crippen LogP contribution < -0.4 is 14.8 Å². The zero-order chi connectivity index (χ0) is 16.4.